The molecular formula is C16H25N3O3S. The lowest BCUT2D eigenvalue weighted by Crippen LogP contribution is -2.55. The van der Waals surface area contributed by atoms with Gasteiger partial charge in [0, 0.05) is 38.1 Å². The third-order valence-electron chi connectivity index (χ3n) is 3.97. The van der Waals surface area contributed by atoms with Crippen molar-refractivity contribution in [1.29, 1.82) is 0 Å². The van der Waals surface area contributed by atoms with Crippen molar-refractivity contribution in [1.82, 2.24) is 15.5 Å². The molecule has 0 atom stereocenters. The zero-order chi connectivity index (χ0) is 16.7. The predicted octanol–water partition coefficient (Wildman–Crippen LogP) is 1.09. The number of hydrogen-bond donors (Lipinski definition) is 2. The molecule has 1 fully saturated rings. The number of amides is 2. The first-order valence-corrected chi connectivity index (χ1v) is 8.78. The van der Waals surface area contributed by atoms with Crippen molar-refractivity contribution in [3.63, 3.8) is 0 Å². The Balaban J connectivity index is 1.65. The Morgan fingerprint density at radius 1 is 1.30 bits per heavy atom. The van der Waals surface area contributed by atoms with Gasteiger partial charge >= 0.3 is 0 Å². The highest BCUT2D eigenvalue weighted by molar-refractivity contribution is 7.12. The van der Waals surface area contributed by atoms with E-state index >= 15 is 0 Å². The van der Waals surface area contributed by atoms with Crippen LogP contribution in [-0.4, -0.2) is 61.6 Å². The summed E-state index contributed by atoms with van der Waals surface area (Å²) in [5, 5.41) is 7.58. The van der Waals surface area contributed by atoms with Crippen LogP contribution in [0.2, 0.25) is 0 Å². The van der Waals surface area contributed by atoms with E-state index in [-0.39, 0.29) is 23.8 Å². The average molecular weight is 339 g/mol. The van der Waals surface area contributed by atoms with Crippen molar-refractivity contribution >= 4 is 23.2 Å². The summed E-state index contributed by atoms with van der Waals surface area (Å²) in [6.45, 7) is 8.44. The van der Waals surface area contributed by atoms with Crippen molar-refractivity contribution < 1.29 is 14.3 Å². The quantitative estimate of drug-likeness (QED) is 0.780. The van der Waals surface area contributed by atoms with Crippen LogP contribution in [0.25, 0.3) is 0 Å². The van der Waals surface area contributed by atoms with Gasteiger partial charge in [0.2, 0.25) is 5.91 Å². The summed E-state index contributed by atoms with van der Waals surface area (Å²) >= 11 is 1.39. The molecule has 1 aromatic rings. The summed E-state index contributed by atoms with van der Waals surface area (Å²) in [5.74, 6) is -0.167. The van der Waals surface area contributed by atoms with Gasteiger partial charge in [0.1, 0.15) is 0 Å². The van der Waals surface area contributed by atoms with Crippen LogP contribution in [0.15, 0.2) is 17.5 Å². The molecule has 1 saturated heterocycles. The number of nitrogens with one attached hydrogen (secondary N) is 2. The summed E-state index contributed by atoms with van der Waals surface area (Å²) < 4.78 is 5.36. The normalized spacial score (nSPS) is 16.1. The fraction of sp³-hybridized carbons (Fsp3) is 0.625. The van der Waals surface area contributed by atoms with Crippen LogP contribution in [-0.2, 0) is 9.53 Å². The third kappa shape index (κ3) is 5.60. The van der Waals surface area contributed by atoms with E-state index in [9.17, 15) is 9.59 Å². The Morgan fingerprint density at radius 3 is 2.70 bits per heavy atom. The molecule has 0 saturated carbocycles. The van der Waals surface area contributed by atoms with Crippen molar-refractivity contribution in [2.45, 2.75) is 25.8 Å². The highest BCUT2D eigenvalue weighted by atomic mass is 32.1. The van der Waals surface area contributed by atoms with Crippen molar-refractivity contribution in [3.8, 4) is 0 Å². The number of morpholine rings is 1. The fourth-order valence-electron chi connectivity index (χ4n) is 2.47. The van der Waals surface area contributed by atoms with E-state index in [0.717, 1.165) is 26.3 Å². The maximum atomic E-state index is 11.9. The fourth-order valence-corrected chi connectivity index (χ4v) is 3.11. The highest BCUT2D eigenvalue weighted by Crippen LogP contribution is 2.15. The molecule has 0 aliphatic carbocycles. The summed E-state index contributed by atoms with van der Waals surface area (Å²) in [4.78, 5) is 26.7. The van der Waals surface area contributed by atoms with Gasteiger partial charge < -0.3 is 15.4 Å². The second kappa shape index (κ2) is 8.42. The molecule has 2 amide bonds. The van der Waals surface area contributed by atoms with Gasteiger partial charge in [0.05, 0.1) is 18.1 Å². The second-order valence-electron chi connectivity index (χ2n) is 6.17. The minimum atomic E-state index is -0.124. The summed E-state index contributed by atoms with van der Waals surface area (Å²) in [7, 11) is 0. The zero-order valence-corrected chi connectivity index (χ0v) is 14.6. The third-order valence-corrected chi connectivity index (χ3v) is 4.84. The van der Waals surface area contributed by atoms with Crippen molar-refractivity contribution in [2.24, 2.45) is 0 Å². The summed E-state index contributed by atoms with van der Waals surface area (Å²) in [5.41, 5.74) is -0.0976. The lowest BCUT2D eigenvalue weighted by atomic mass is 10.0. The first-order valence-electron chi connectivity index (χ1n) is 7.90. The van der Waals surface area contributed by atoms with E-state index < -0.39 is 0 Å². The number of rotatable bonds is 7. The number of carbonyl (C=O) groups is 2. The van der Waals surface area contributed by atoms with Gasteiger partial charge in [-0.15, -0.1) is 11.3 Å². The first kappa shape index (κ1) is 17.9. The number of carbonyl (C=O) groups excluding carboxylic acids is 2. The smallest absolute Gasteiger partial charge is 0.261 e. The molecule has 0 radical (unpaired) electrons. The molecule has 1 aromatic heterocycles. The first-order chi connectivity index (χ1) is 11.0. The topological polar surface area (TPSA) is 70.7 Å². The Bertz CT molecular complexity index is 511. The van der Waals surface area contributed by atoms with Gasteiger partial charge in [-0.05, 0) is 25.3 Å². The van der Waals surface area contributed by atoms with Crippen LogP contribution in [0.4, 0.5) is 0 Å². The lowest BCUT2D eigenvalue weighted by molar-refractivity contribution is -0.121. The van der Waals surface area contributed by atoms with E-state index in [2.05, 4.69) is 29.4 Å². The van der Waals surface area contributed by atoms with E-state index in [1.165, 1.54) is 11.3 Å². The molecule has 2 heterocycles. The Labute approximate surface area is 141 Å². The monoisotopic (exact) mass is 339 g/mol. The molecule has 7 heteroatoms. The van der Waals surface area contributed by atoms with Gasteiger partial charge in [0.25, 0.3) is 5.91 Å². The Morgan fingerprint density at radius 2 is 2.04 bits per heavy atom. The molecular weight excluding hydrogens is 314 g/mol. The molecule has 0 spiro atoms. The van der Waals surface area contributed by atoms with Crippen LogP contribution < -0.4 is 10.6 Å². The molecule has 1 aliphatic rings. The minimum absolute atomic E-state index is 0.0437. The molecule has 2 N–H and O–H groups in total. The van der Waals surface area contributed by atoms with Crippen LogP contribution >= 0.6 is 11.3 Å². The van der Waals surface area contributed by atoms with E-state index in [1.807, 2.05) is 11.4 Å². The number of ether oxygens (including phenoxy) is 1. The van der Waals surface area contributed by atoms with Crippen LogP contribution in [0, 0.1) is 0 Å². The van der Waals surface area contributed by atoms with Crippen LogP contribution in [0.3, 0.4) is 0 Å². The van der Waals surface area contributed by atoms with E-state index in [0.29, 0.717) is 18.0 Å². The van der Waals surface area contributed by atoms with Gasteiger partial charge in [0.15, 0.2) is 0 Å². The van der Waals surface area contributed by atoms with E-state index in [1.54, 1.807) is 6.07 Å². The SMILES string of the molecule is CC(C)(CNC(=O)CCNC(=O)c1cccs1)N1CCOCC1. The van der Waals surface area contributed by atoms with E-state index in [4.69, 9.17) is 4.74 Å². The Hall–Kier alpha value is -1.44. The average Bonchev–Trinajstić information content (AvgIpc) is 3.08. The number of hydrogen-bond acceptors (Lipinski definition) is 5. The number of nitrogens with zero attached hydrogens (tertiary/aromatic N) is 1. The highest BCUT2D eigenvalue weighted by Gasteiger charge is 2.28. The lowest BCUT2D eigenvalue weighted by Gasteiger charge is -2.40. The maximum absolute atomic E-state index is 11.9. The van der Waals surface area contributed by atoms with Crippen molar-refractivity contribution in [2.75, 3.05) is 39.4 Å². The maximum Gasteiger partial charge on any atom is 0.261 e. The second-order valence-corrected chi connectivity index (χ2v) is 7.12. The predicted molar refractivity (Wildman–Crippen MR) is 90.7 cm³/mol. The van der Waals surface area contributed by atoms with Gasteiger partial charge in [-0.3, -0.25) is 14.5 Å². The molecule has 2 rings (SSSR count). The van der Waals surface area contributed by atoms with Gasteiger partial charge in [-0.1, -0.05) is 6.07 Å². The van der Waals surface area contributed by atoms with Crippen LogP contribution in [0.1, 0.15) is 29.9 Å². The minimum Gasteiger partial charge on any atom is -0.379 e. The summed E-state index contributed by atoms with van der Waals surface area (Å²) in [6.07, 6.45) is 0.288. The standard InChI is InChI=1S/C16H25N3O3S/c1-16(2,19-7-9-22-10-8-19)12-18-14(20)5-6-17-15(21)13-4-3-11-23-13/h3-4,11H,5-10,12H2,1-2H3,(H,17,21)(H,18,20). The van der Waals surface area contributed by atoms with Gasteiger partial charge in [-0.25, -0.2) is 0 Å². The largest absolute Gasteiger partial charge is 0.379 e. The molecule has 23 heavy (non-hydrogen) atoms. The zero-order valence-electron chi connectivity index (χ0n) is 13.8. The number of thiophene rings is 1. The molecule has 1 aliphatic heterocycles. The summed E-state index contributed by atoms with van der Waals surface area (Å²) in [6, 6.07) is 3.60. The molecule has 0 bridgehead atoms. The van der Waals surface area contributed by atoms with Crippen molar-refractivity contribution in [3.05, 3.63) is 22.4 Å². The molecule has 128 valence electrons. The Kier molecular flexibility index (Phi) is 6.56. The van der Waals surface area contributed by atoms with Crippen LogP contribution in [0.5, 0.6) is 0 Å². The molecule has 6 nitrogen and oxygen atoms in total. The molecule has 0 unspecified atom stereocenters. The molecule has 0 aromatic carbocycles. The van der Waals surface area contributed by atoms with Gasteiger partial charge in [-0.2, -0.15) is 0 Å².